The average molecular weight is 368 g/mol. The maximum Gasteiger partial charge on any atom is 0.131 e. The normalized spacial score (nSPS) is 11.0. The summed E-state index contributed by atoms with van der Waals surface area (Å²) in [6, 6.07) is 8.79. The number of benzene rings is 2. The molecule has 0 aliphatic rings. The molecule has 0 amide bonds. The molecule has 0 aliphatic heterocycles. The standard InChI is InChI=1S/C17H13Cl2F2N3/c18-10-4-5-11(13(19)6-10)17-16(7-22)24(9-23-17)8-12-14(20)2-1-3-15(12)21/h1-6,9H,7-8,22H2. The lowest BCUT2D eigenvalue weighted by Crippen LogP contribution is -2.10. The van der Waals surface area contributed by atoms with Crippen LogP contribution in [0.4, 0.5) is 8.78 Å². The molecule has 1 aromatic heterocycles. The van der Waals surface area contributed by atoms with Crippen LogP contribution < -0.4 is 5.73 Å². The number of nitrogens with two attached hydrogens (primary N) is 1. The van der Waals surface area contributed by atoms with E-state index in [1.54, 1.807) is 22.8 Å². The molecule has 0 bridgehead atoms. The number of aromatic nitrogens is 2. The van der Waals surface area contributed by atoms with Gasteiger partial charge in [-0.05, 0) is 30.3 Å². The highest BCUT2D eigenvalue weighted by molar-refractivity contribution is 6.36. The maximum atomic E-state index is 13.9. The lowest BCUT2D eigenvalue weighted by Gasteiger charge is -2.11. The second-order valence-electron chi connectivity index (χ2n) is 5.20. The molecule has 0 saturated heterocycles. The molecule has 0 atom stereocenters. The summed E-state index contributed by atoms with van der Waals surface area (Å²) < 4.78 is 29.4. The molecule has 0 saturated carbocycles. The third-order valence-corrected chi connectivity index (χ3v) is 4.26. The van der Waals surface area contributed by atoms with Gasteiger partial charge in [-0.15, -0.1) is 0 Å². The SMILES string of the molecule is NCc1c(-c2ccc(Cl)cc2Cl)ncn1Cc1c(F)cccc1F. The smallest absolute Gasteiger partial charge is 0.131 e. The third kappa shape index (κ3) is 3.15. The summed E-state index contributed by atoms with van der Waals surface area (Å²) in [5, 5.41) is 0.936. The van der Waals surface area contributed by atoms with Crippen molar-refractivity contribution in [2.45, 2.75) is 13.1 Å². The highest BCUT2D eigenvalue weighted by Gasteiger charge is 2.17. The Kier molecular flexibility index (Phi) is 4.85. The number of hydrogen-bond donors (Lipinski definition) is 1. The van der Waals surface area contributed by atoms with Crippen LogP contribution >= 0.6 is 23.2 Å². The quantitative estimate of drug-likeness (QED) is 0.729. The third-order valence-electron chi connectivity index (χ3n) is 3.72. The van der Waals surface area contributed by atoms with Gasteiger partial charge in [0.25, 0.3) is 0 Å². The fourth-order valence-electron chi connectivity index (χ4n) is 2.52. The molecule has 3 aromatic rings. The van der Waals surface area contributed by atoms with Crippen molar-refractivity contribution in [3.63, 3.8) is 0 Å². The molecule has 2 aromatic carbocycles. The second-order valence-corrected chi connectivity index (χ2v) is 6.04. The van der Waals surface area contributed by atoms with Crippen molar-refractivity contribution in [2.24, 2.45) is 5.73 Å². The van der Waals surface area contributed by atoms with E-state index in [0.29, 0.717) is 27.0 Å². The number of imidazole rings is 1. The molecule has 0 aliphatic carbocycles. The summed E-state index contributed by atoms with van der Waals surface area (Å²) in [7, 11) is 0. The molecule has 3 rings (SSSR count). The van der Waals surface area contributed by atoms with E-state index in [9.17, 15) is 8.78 Å². The van der Waals surface area contributed by atoms with Crippen molar-refractivity contribution in [2.75, 3.05) is 0 Å². The van der Waals surface area contributed by atoms with Crippen LogP contribution in [0.2, 0.25) is 10.0 Å². The Morgan fingerprint density at radius 3 is 2.42 bits per heavy atom. The minimum atomic E-state index is -0.613. The molecule has 0 radical (unpaired) electrons. The van der Waals surface area contributed by atoms with Gasteiger partial charge >= 0.3 is 0 Å². The van der Waals surface area contributed by atoms with Crippen molar-refractivity contribution in [1.29, 1.82) is 0 Å². The minimum Gasteiger partial charge on any atom is -0.328 e. The highest BCUT2D eigenvalue weighted by atomic mass is 35.5. The number of halogens is 4. The lowest BCUT2D eigenvalue weighted by molar-refractivity contribution is 0.541. The number of hydrogen-bond acceptors (Lipinski definition) is 2. The maximum absolute atomic E-state index is 13.9. The number of nitrogens with zero attached hydrogens (tertiary/aromatic N) is 2. The zero-order chi connectivity index (χ0) is 17.3. The molecule has 3 nitrogen and oxygen atoms in total. The summed E-state index contributed by atoms with van der Waals surface area (Å²) in [5.74, 6) is -1.23. The zero-order valence-corrected chi connectivity index (χ0v) is 14.0. The first kappa shape index (κ1) is 16.9. The van der Waals surface area contributed by atoms with Crippen molar-refractivity contribution >= 4 is 23.2 Å². The van der Waals surface area contributed by atoms with E-state index in [1.807, 2.05) is 0 Å². The fraction of sp³-hybridized carbons (Fsp3) is 0.118. The van der Waals surface area contributed by atoms with Crippen LogP contribution in [-0.4, -0.2) is 9.55 Å². The van der Waals surface area contributed by atoms with Gasteiger partial charge in [-0.25, -0.2) is 13.8 Å². The predicted octanol–water partition coefficient (Wildman–Crippen LogP) is 4.64. The molecule has 1 heterocycles. The van der Waals surface area contributed by atoms with Crippen LogP contribution in [0.15, 0.2) is 42.7 Å². The summed E-state index contributed by atoms with van der Waals surface area (Å²) in [6.45, 7) is 0.133. The van der Waals surface area contributed by atoms with E-state index in [0.717, 1.165) is 0 Å². The molecule has 0 fully saturated rings. The van der Waals surface area contributed by atoms with E-state index >= 15 is 0 Å². The Morgan fingerprint density at radius 1 is 1.08 bits per heavy atom. The molecular weight excluding hydrogens is 355 g/mol. The molecule has 0 unspecified atom stereocenters. The van der Waals surface area contributed by atoms with Crippen LogP contribution in [0.25, 0.3) is 11.3 Å². The molecular formula is C17H13Cl2F2N3. The average Bonchev–Trinajstić information content (AvgIpc) is 2.93. The van der Waals surface area contributed by atoms with E-state index in [1.165, 1.54) is 24.5 Å². The van der Waals surface area contributed by atoms with Crippen molar-refractivity contribution < 1.29 is 8.78 Å². The minimum absolute atomic E-state index is 0.0107. The molecule has 2 N–H and O–H groups in total. The summed E-state index contributed by atoms with van der Waals surface area (Å²) in [6.07, 6.45) is 1.49. The first-order chi connectivity index (χ1) is 11.5. The van der Waals surface area contributed by atoms with Crippen LogP contribution in [0.3, 0.4) is 0 Å². The van der Waals surface area contributed by atoms with Crippen molar-refractivity contribution in [1.82, 2.24) is 9.55 Å². The van der Waals surface area contributed by atoms with E-state index in [-0.39, 0.29) is 18.7 Å². The van der Waals surface area contributed by atoms with Crippen LogP contribution in [0.5, 0.6) is 0 Å². The predicted molar refractivity (Wildman–Crippen MR) is 91.0 cm³/mol. The van der Waals surface area contributed by atoms with Crippen molar-refractivity contribution in [3.8, 4) is 11.3 Å². The van der Waals surface area contributed by atoms with Gasteiger partial charge in [-0.3, -0.25) is 0 Å². The van der Waals surface area contributed by atoms with E-state index in [4.69, 9.17) is 28.9 Å². The van der Waals surface area contributed by atoms with Gasteiger partial charge in [0.05, 0.1) is 29.3 Å². The monoisotopic (exact) mass is 367 g/mol. The fourth-order valence-corrected chi connectivity index (χ4v) is 3.02. The summed E-state index contributed by atoms with van der Waals surface area (Å²) in [5.41, 5.74) is 7.64. The lowest BCUT2D eigenvalue weighted by atomic mass is 10.1. The molecule has 0 spiro atoms. The van der Waals surface area contributed by atoms with Crippen LogP contribution in [-0.2, 0) is 13.1 Å². The van der Waals surface area contributed by atoms with Crippen LogP contribution in [0.1, 0.15) is 11.3 Å². The number of rotatable bonds is 4. The summed E-state index contributed by atoms with van der Waals surface area (Å²) >= 11 is 12.1. The Bertz CT molecular complexity index is 873. The molecule has 7 heteroatoms. The van der Waals surface area contributed by atoms with Gasteiger partial charge in [0.1, 0.15) is 11.6 Å². The first-order valence-electron chi connectivity index (χ1n) is 7.13. The second kappa shape index (κ2) is 6.89. The topological polar surface area (TPSA) is 43.8 Å². The Morgan fingerprint density at radius 2 is 1.79 bits per heavy atom. The highest BCUT2D eigenvalue weighted by Crippen LogP contribution is 2.32. The van der Waals surface area contributed by atoms with Gasteiger partial charge in [0.2, 0.25) is 0 Å². The first-order valence-corrected chi connectivity index (χ1v) is 7.89. The summed E-state index contributed by atoms with van der Waals surface area (Å²) in [4.78, 5) is 4.31. The van der Waals surface area contributed by atoms with Gasteiger partial charge in [-0.1, -0.05) is 29.3 Å². The molecule has 124 valence electrons. The van der Waals surface area contributed by atoms with E-state index in [2.05, 4.69) is 4.98 Å². The Labute approximate surface area is 147 Å². The Balaban J connectivity index is 2.04. The van der Waals surface area contributed by atoms with E-state index < -0.39 is 11.6 Å². The zero-order valence-electron chi connectivity index (χ0n) is 12.4. The van der Waals surface area contributed by atoms with Gasteiger partial charge in [0.15, 0.2) is 0 Å². The van der Waals surface area contributed by atoms with Gasteiger partial charge in [-0.2, -0.15) is 0 Å². The molecule has 24 heavy (non-hydrogen) atoms. The Hall–Kier alpha value is -1.95. The van der Waals surface area contributed by atoms with Gasteiger partial charge in [0, 0.05) is 22.7 Å². The van der Waals surface area contributed by atoms with Crippen LogP contribution in [0, 0.1) is 11.6 Å². The largest absolute Gasteiger partial charge is 0.328 e. The van der Waals surface area contributed by atoms with Crippen molar-refractivity contribution in [3.05, 3.63) is 75.7 Å². The van der Waals surface area contributed by atoms with Gasteiger partial charge < -0.3 is 10.3 Å².